The summed E-state index contributed by atoms with van der Waals surface area (Å²) >= 11 is 2.20. The van der Waals surface area contributed by atoms with Crippen molar-refractivity contribution in [2.24, 2.45) is 0 Å². The molecule has 5 nitrogen and oxygen atoms in total. The standard InChI is InChI=1S/C15H14IN3O2/c16-11-6-8-12(9-7-11)17-10-14(20)19-15(21)18-13-4-2-1-3-5-13/h1-9,17H,10H2,(H2,18,19,20,21). The molecule has 0 saturated heterocycles. The van der Waals surface area contributed by atoms with Crippen molar-refractivity contribution < 1.29 is 9.59 Å². The first-order valence-electron chi connectivity index (χ1n) is 6.29. The Balaban J connectivity index is 1.76. The molecule has 0 atom stereocenters. The Morgan fingerprint density at radius 3 is 2.24 bits per heavy atom. The van der Waals surface area contributed by atoms with Gasteiger partial charge in [0.2, 0.25) is 5.91 Å². The highest BCUT2D eigenvalue weighted by molar-refractivity contribution is 14.1. The maximum atomic E-state index is 11.6. The van der Waals surface area contributed by atoms with Gasteiger partial charge in [-0.2, -0.15) is 0 Å². The third-order valence-electron chi connectivity index (χ3n) is 2.58. The first kappa shape index (κ1) is 15.3. The lowest BCUT2D eigenvalue weighted by Crippen LogP contribution is -2.37. The number of hydrogen-bond donors (Lipinski definition) is 3. The summed E-state index contributed by atoms with van der Waals surface area (Å²) in [6.45, 7) is 0.0306. The molecule has 0 bridgehead atoms. The van der Waals surface area contributed by atoms with Gasteiger partial charge in [-0.3, -0.25) is 10.1 Å². The molecule has 0 aromatic heterocycles. The van der Waals surface area contributed by atoms with Crippen molar-refractivity contribution in [3.8, 4) is 0 Å². The van der Waals surface area contributed by atoms with E-state index < -0.39 is 11.9 Å². The largest absolute Gasteiger partial charge is 0.376 e. The van der Waals surface area contributed by atoms with Gasteiger partial charge in [0, 0.05) is 14.9 Å². The minimum absolute atomic E-state index is 0.0306. The number of imide groups is 1. The van der Waals surface area contributed by atoms with Gasteiger partial charge in [0.15, 0.2) is 0 Å². The van der Waals surface area contributed by atoms with Crippen molar-refractivity contribution in [3.63, 3.8) is 0 Å². The molecule has 3 N–H and O–H groups in total. The fourth-order valence-electron chi connectivity index (χ4n) is 1.60. The number of hydrogen-bond acceptors (Lipinski definition) is 3. The number of carbonyl (C=O) groups excluding carboxylic acids is 2. The second-order valence-corrected chi connectivity index (χ2v) is 5.47. The van der Waals surface area contributed by atoms with Crippen molar-refractivity contribution in [1.82, 2.24) is 5.32 Å². The normalized spacial score (nSPS) is 9.76. The summed E-state index contributed by atoms with van der Waals surface area (Å²) in [5.41, 5.74) is 1.46. The number of urea groups is 1. The quantitative estimate of drug-likeness (QED) is 0.698. The monoisotopic (exact) mass is 395 g/mol. The molecule has 2 aromatic rings. The lowest BCUT2D eigenvalue weighted by atomic mass is 10.3. The fraction of sp³-hybridized carbons (Fsp3) is 0.0667. The Morgan fingerprint density at radius 1 is 0.905 bits per heavy atom. The summed E-state index contributed by atoms with van der Waals surface area (Å²) < 4.78 is 1.12. The van der Waals surface area contributed by atoms with Gasteiger partial charge in [-0.25, -0.2) is 4.79 Å². The van der Waals surface area contributed by atoms with Crippen LogP contribution in [-0.2, 0) is 4.79 Å². The summed E-state index contributed by atoms with van der Waals surface area (Å²) in [6, 6.07) is 16.0. The highest BCUT2D eigenvalue weighted by atomic mass is 127. The van der Waals surface area contributed by atoms with Gasteiger partial charge in [-0.15, -0.1) is 0 Å². The average Bonchev–Trinajstić information content (AvgIpc) is 2.47. The molecule has 0 aliphatic carbocycles. The number of amides is 3. The van der Waals surface area contributed by atoms with Crippen molar-refractivity contribution in [1.29, 1.82) is 0 Å². The van der Waals surface area contributed by atoms with E-state index in [2.05, 4.69) is 38.5 Å². The number of carbonyl (C=O) groups is 2. The van der Waals surface area contributed by atoms with Crippen LogP contribution in [0.3, 0.4) is 0 Å². The molecular formula is C15H14IN3O2. The minimum Gasteiger partial charge on any atom is -0.376 e. The van der Waals surface area contributed by atoms with Crippen molar-refractivity contribution >= 4 is 45.9 Å². The van der Waals surface area contributed by atoms with Gasteiger partial charge >= 0.3 is 6.03 Å². The second-order valence-electron chi connectivity index (χ2n) is 4.23. The first-order valence-corrected chi connectivity index (χ1v) is 7.37. The summed E-state index contributed by atoms with van der Waals surface area (Å²) in [5.74, 6) is -0.401. The van der Waals surface area contributed by atoms with Crippen LogP contribution in [0.15, 0.2) is 54.6 Å². The Kier molecular flexibility index (Phi) is 5.56. The van der Waals surface area contributed by atoms with E-state index in [0.29, 0.717) is 5.69 Å². The molecule has 2 aromatic carbocycles. The molecule has 0 aliphatic heterocycles. The van der Waals surface area contributed by atoms with Crippen molar-refractivity contribution in [2.75, 3.05) is 17.2 Å². The molecule has 0 saturated carbocycles. The predicted molar refractivity (Wildman–Crippen MR) is 91.3 cm³/mol. The van der Waals surface area contributed by atoms with Crippen molar-refractivity contribution in [3.05, 3.63) is 58.2 Å². The lowest BCUT2D eigenvalue weighted by Gasteiger charge is -2.08. The number of anilines is 2. The molecule has 0 heterocycles. The van der Waals surface area contributed by atoms with Crippen LogP contribution in [0.4, 0.5) is 16.2 Å². The smallest absolute Gasteiger partial charge is 0.325 e. The SMILES string of the molecule is O=C(CNc1ccc(I)cc1)NC(=O)Nc1ccccc1. The van der Waals surface area contributed by atoms with Crippen LogP contribution in [0.5, 0.6) is 0 Å². The highest BCUT2D eigenvalue weighted by Gasteiger charge is 2.07. The van der Waals surface area contributed by atoms with Crippen LogP contribution < -0.4 is 16.0 Å². The third kappa shape index (κ3) is 5.42. The van der Waals surface area contributed by atoms with Crippen LogP contribution in [0, 0.1) is 3.57 Å². The fourth-order valence-corrected chi connectivity index (χ4v) is 1.96. The van der Waals surface area contributed by atoms with E-state index in [4.69, 9.17) is 0 Å². The Labute approximate surface area is 136 Å². The zero-order chi connectivity index (χ0) is 15.1. The van der Waals surface area contributed by atoms with Gasteiger partial charge in [0.05, 0.1) is 6.54 Å². The number of halogens is 1. The van der Waals surface area contributed by atoms with Crippen LogP contribution in [0.1, 0.15) is 0 Å². The third-order valence-corrected chi connectivity index (χ3v) is 3.30. The van der Waals surface area contributed by atoms with Crippen LogP contribution >= 0.6 is 22.6 Å². The van der Waals surface area contributed by atoms with Gasteiger partial charge in [-0.05, 0) is 59.0 Å². The van der Waals surface area contributed by atoms with Gasteiger partial charge in [0.25, 0.3) is 0 Å². The number of para-hydroxylation sites is 1. The predicted octanol–water partition coefficient (Wildman–Crippen LogP) is 3.05. The van der Waals surface area contributed by atoms with Crippen LogP contribution in [-0.4, -0.2) is 18.5 Å². The van der Waals surface area contributed by atoms with E-state index in [-0.39, 0.29) is 6.54 Å². The second kappa shape index (κ2) is 7.63. The average molecular weight is 395 g/mol. The van der Waals surface area contributed by atoms with Gasteiger partial charge in [0.1, 0.15) is 0 Å². The van der Waals surface area contributed by atoms with Gasteiger partial charge in [-0.1, -0.05) is 18.2 Å². The first-order chi connectivity index (χ1) is 10.1. The molecule has 21 heavy (non-hydrogen) atoms. The van der Waals surface area contributed by atoms with E-state index in [1.165, 1.54) is 0 Å². The van der Waals surface area contributed by atoms with E-state index in [1.807, 2.05) is 30.3 Å². The van der Waals surface area contributed by atoms with E-state index in [1.54, 1.807) is 24.3 Å². The summed E-state index contributed by atoms with van der Waals surface area (Å²) in [7, 11) is 0. The molecular weight excluding hydrogens is 381 g/mol. The number of nitrogens with one attached hydrogen (secondary N) is 3. The minimum atomic E-state index is -0.546. The van der Waals surface area contributed by atoms with Crippen molar-refractivity contribution in [2.45, 2.75) is 0 Å². The zero-order valence-corrected chi connectivity index (χ0v) is 13.3. The zero-order valence-electron chi connectivity index (χ0n) is 11.1. The summed E-state index contributed by atoms with van der Waals surface area (Å²) in [6.07, 6.45) is 0. The molecule has 6 heteroatoms. The van der Waals surface area contributed by atoms with E-state index >= 15 is 0 Å². The molecule has 0 radical (unpaired) electrons. The molecule has 0 unspecified atom stereocenters. The Bertz CT molecular complexity index is 615. The molecule has 108 valence electrons. The molecule has 3 amide bonds. The maximum absolute atomic E-state index is 11.6. The summed E-state index contributed by atoms with van der Waals surface area (Å²) in [4.78, 5) is 23.3. The molecule has 2 rings (SSSR count). The van der Waals surface area contributed by atoms with Crippen LogP contribution in [0.25, 0.3) is 0 Å². The summed E-state index contributed by atoms with van der Waals surface area (Å²) in [5, 5.41) is 7.78. The maximum Gasteiger partial charge on any atom is 0.325 e. The number of rotatable bonds is 4. The van der Waals surface area contributed by atoms with E-state index in [0.717, 1.165) is 9.26 Å². The van der Waals surface area contributed by atoms with E-state index in [9.17, 15) is 9.59 Å². The van der Waals surface area contributed by atoms with Crippen LogP contribution in [0.2, 0.25) is 0 Å². The topological polar surface area (TPSA) is 70.2 Å². The van der Waals surface area contributed by atoms with Gasteiger partial charge < -0.3 is 10.6 Å². The molecule has 0 fully saturated rings. The molecule has 0 spiro atoms. The Morgan fingerprint density at radius 2 is 1.57 bits per heavy atom. The number of benzene rings is 2. The lowest BCUT2D eigenvalue weighted by molar-refractivity contribution is -0.118. The highest BCUT2D eigenvalue weighted by Crippen LogP contribution is 2.10. The molecule has 0 aliphatic rings. The Hall–Kier alpha value is -2.09.